The number of carbonyl (C=O) groups excluding carboxylic acids is 3. The molecule has 1 saturated carbocycles. The van der Waals surface area contributed by atoms with Gasteiger partial charge in [0.05, 0.1) is 11.4 Å². The van der Waals surface area contributed by atoms with Gasteiger partial charge in [-0.05, 0) is 42.5 Å². The van der Waals surface area contributed by atoms with Crippen LogP contribution < -0.4 is 16.0 Å². The summed E-state index contributed by atoms with van der Waals surface area (Å²) in [7, 11) is 0. The van der Waals surface area contributed by atoms with Crippen molar-refractivity contribution < 1.29 is 14.4 Å². The maximum absolute atomic E-state index is 12.1. The standard InChI is InChI=1S/C17H17N3O3S/c21-15(19-12-6-7-12)10-18-16(22)11-3-1-4-13(9-11)20-17(23)14-5-2-8-24-14/h1-5,8-9,12H,6-7,10H2,(H,18,22)(H,19,21)(H,20,23). The van der Waals surface area contributed by atoms with Crippen LogP contribution in [0.2, 0.25) is 0 Å². The van der Waals surface area contributed by atoms with Gasteiger partial charge in [-0.15, -0.1) is 11.3 Å². The van der Waals surface area contributed by atoms with Gasteiger partial charge < -0.3 is 16.0 Å². The van der Waals surface area contributed by atoms with E-state index < -0.39 is 0 Å². The van der Waals surface area contributed by atoms with Crippen LogP contribution in [0.25, 0.3) is 0 Å². The molecule has 3 rings (SSSR count). The van der Waals surface area contributed by atoms with E-state index in [1.807, 2.05) is 5.38 Å². The molecule has 0 spiro atoms. The number of rotatable bonds is 6. The van der Waals surface area contributed by atoms with Crippen LogP contribution >= 0.6 is 11.3 Å². The Morgan fingerprint density at radius 2 is 1.92 bits per heavy atom. The molecule has 24 heavy (non-hydrogen) atoms. The summed E-state index contributed by atoms with van der Waals surface area (Å²) in [6.07, 6.45) is 2.01. The van der Waals surface area contributed by atoms with Crippen molar-refractivity contribution >= 4 is 34.7 Å². The predicted octanol–water partition coefficient (Wildman–Crippen LogP) is 2.01. The highest BCUT2D eigenvalue weighted by Crippen LogP contribution is 2.18. The second kappa shape index (κ2) is 7.27. The lowest BCUT2D eigenvalue weighted by Gasteiger charge is -2.08. The minimum absolute atomic E-state index is 0.0544. The maximum Gasteiger partial charge on any atom is 0.265 e. The Labute approximate surface area is 143 Å². The van der Waals surface area contributed by atoms with Gasteiger partial charge in [-0.2, -0.15) is 0 Å². The Hall–Kier alpha value is -2.67. The van der Waals surface area contributed by atoms with Crippen LogP contribution in [0.5, 0.6) is 0 Å². The largest absolute Gasteiger partial charge is 0.352 e. The summed E-state index contributed by atoms with van der Waals surface area (Å²) in [6, 6.07) is 10.4. The van der Waals surface area contributed by atoms with E-state index in [0.717, 1.165) is 12.8 Å². The van der Waals surface area contributed by atoms with Crippen molar-refractivity contribution in [3.05, 3.63) is 52.2 Å². The summed E-state index contributed by atoms with van der Waals surface area (Å²) >= 11 is 1.35. The smallest absolute Gasteiger partial charge is 0.265 e. The van der Waals surface area contributed by atoms with Crippen molar-refractivity contribution in [3.8, 4) is 0 Å². The molecule has 0 atom stereocenters. The van der Waals surface area contributed by atoms with Gasteiger partial charge in [0.2, 0.25) is 5.91 Å². The lowest BCUT2D eigenvalue weighted by molar-refractivity contribution is -0.120. The predicted molar refractivity (Wildman–Crippen MR) is 92.2 cm³/mol. The molecule has 1 aromatic heterocycles. The summed E-state index contributed by atoms with van der Waals surface area (Å²) in [6.45, 7) is -0.0544. The Balaban J connectivity index is 1.56. The molecular formula is C17H17N3O3S. The number of thiophene rings is 1. The SMILES string of the molecule is O=C(CNC(=O)c1cccc(NC(=O)c2cccs2)c1)NC1CC1. The zero-order valence-corrected chi connectivity index (χ0v) is 13.7. The molecule has 0 unspecified atom stereocenters. The highest BCUT2D eigenvalue weighted by Gasteiger charge is 2.23. The molecule has 124 valence electrons. The zero-order valence-electron chi connectivity index (χ0n) is 12.9. The van der Waals surface area contributed by atoms with Crippen LogP contribution in [0.3, 0.4) is 0 Å². The van der Waals surface area contributed by atoms with Crippen LogP contribution in [-0.4, -0.2) is 30.3 Å². The van der Waals surface area contributed by atoms with E-state index in [1.54, 1.807) is 36.4 Å². The van der Waals surface area contributed by atoms with E-state index >= 15 is 0 Å². The molecular weight excluding hydrogens is 326 g/mol. The third-order valence-corrected chi connectivity index (χ3v) is 4.35. The summed E-state index contributed by atoms with van der Waals surface area (Å²) in [5.41, 5.74) is 0.918. The van der Waals surface area contributed by atoms with Gasteiger partial charge in [-0.3, -0.25) is 14.4 Å². The second-order valence-corrected chi connectivity index (χ2v) is 6.48. The summed E-state index contributed by atoms with van der Waals surface area (Å²) in [4.78, 5) is 36.3. The number of anilines is 1. The molecule has 1 fully saturated rings. The number of carbonyl (C=O) groups is 3. The maximum atomic E-state index is 12.1. The summed E-state index contributed by atoms with van der Waals surface area (Å²) in [5.74, 6) is -0.757. The van der Waals surface area contributed by atoms with E-state index in [4.69, 9.17) is 0 Å². The highest BCUT2D eigenvalue weighted by molar-refractivity contribution is 7.12. The molecule has 1 aliphatic rings. The van der Waals surface area contributed by atoms with Crippen LogP contribution in [0.1, 0.15) is 32.9 Å². The lowest BCUT2D eigenvalue weighted by atomic mass is 10.2. The van der Waals surface area contributed by atoms with Gasteiger partial charge in [0, 0.05) is 17.3 Å². The van der Waals surface area contributed by atoms with Crippen LogP contribution in [-0.2, 0) is 4.79 Å². The fraction of sp³-hybridized carbons (Fsp3) is 0.235. The van der Waals surface area contributed by atoms with Gasteiger partial charge in [0.25, 0.3) is 11.8 Å². The fourth-order valence-corrected chi connectivity index (χ4v) is 2.73. The van der Waals surface area contributed by atoms with E-state index in [1.165, 1.54) is 11.3 Å². The van der Waals surface area contributed by atoms with Crippen LogP contribution in [0.15, 0.2) is 41.8 Å². The van der Waals surface area contributed by atoms with E-state index in [0.29, 0.717) is 16.1 Å². The van der Waals surface area contributed by atoms with Gasteiger partial charge >= 0.3 is 0 Å². The number of benzene rings is 1. The topological polar surface area (TPSA) is 87.3 Å². The Bertz CT molecular complexity index is 754. The van der Waals surface area contributed by atoms with Crippen LogP contribution in [0, 0.1) is 0 Å². The van der Waals surface area contributed by atoms with Crippen LogP contribution in [0.4, 0.5) is 5.69 Å². The Morgan fingerprint density at radius 1 is 1.08 bits per heavy atom. The Morgan fingerprint density at radius 3 is 2.62 bits per heavy atom. The van der Waals surface area contributed by atoms with E-state index in [2.05, 4.69) is 16.0 Å². The van der Waals surface area contributed by atoms with Crippen molar-refractivity contribution in [3.63, 3.8) is 0 Å². The molecule has 6 nitrogen and oxygen atoms in total. The van der Waals surface area contributed by atoms with Crippen molar-refractivity contribution in [1.82, 2.24) is 10.6 Å². The van der Waals surface area contributed by atoms with Gasteiger partial charge in [-0.25, -0.2) is 0 Å². The van der Waals surface area contributed by atoms with E-state index in [9.17, 15) is 14.4 Å². The minimum atomic E-state index is -0.354. The minimum Gasteiger partial charge on any atom is -0.352 e. The molecule has 3 N–H and O–H groups in total. The highest BCUT2D eigenvalue weighted by atomic mass is 32.1. The number of hydrogen-bond donors (Lipinski definition) is 3. The summed E-state index contributed by atoms with van der Waals surface area (Å²) in [5, 5.41) is 9.96. The molecule has 2 aromatic rings. The van der Waals surface area contributed by atoms with E-state index in [-0.39, 0.29) is 30.3 Å². The number of hydrogen-bond acceptors (Lipinski definition) is 4. The average Bonchev–Trinajstić information content (AvgIpc) is 3.21. The van der Waals surface area contributed by atoms with Crippen molar-refractivity contribution in [2.24, 2.45) is 0 Å². The average molecular weight is 343 g/mol. The first kappa shape index (κ1) is 16.2. The molecule has 1 aliphatic carbocycles. The summed E-state index contributed by atoms with van der Waals surface area (Å²) < 4.78 is 0. The monoisotopic (exact) mass is 343 g/mol. The van der Waals surface area contributed by atoms with Gasteiger partial charge in [0.1, 0.15) is 0 Å². The fourth-order valence-electron chi connectivity index (χ4n) is 2.11. The second-order valence-electron chi connectivity index (χ2n) is 5.54. The molecule has 0 saturated heterocycles. The lowest BCUT2D eigenvalue weighted by Crippen LogP contribution is -2.37. The molecule has 0 bridgehead atoms. The first-order chi connectivity index (χ1) is 11.6. The van der Waals surface area contributed by atoms with Crippen molar-refractivity contribution in [2.45, 2.75) is 18.9 Å². The molecule has 3 amide bonds. The van der Waals surface area contributed by atoms with Crippen molar-refractivity contribution in [2.75, 3.05) is 11.9 Å². The molecule has 1 aromatic carbocycles. The normalized spacial score (nSPS) is 13.2. The molecule has 0 aliphatic heterocycles. The zero-order chi connectivity index (χ0) is 16.9. The van der Waals surface area contributed by atoms with Crippen molar-refractivity contribution in [1.29, 1.82) is 0 Å². The number of amides is 3. The molecule has 7 heteroatoms. The van der Waals surface area contributed by atoms with Gasteiger partial charge in [-0.1, -0.05) is 12.1 Å². The first-order valence-electron chi connectivity index (χ1n) is 7.64. The quantitative estimate of drug-likeness (QED) is 0.750. The third kappa shape index (κ3) is 4.42. The Kier molecular flexibility index (Phi) is 4.90. The molecule has 1 heterocycles. The third-order valence-electron chi connectivity index (χ3n) is 3.48. The molecule has 0 radical (unpaired) electrons. The van der Waals surface area contributed by atoms with Gasteiger partial charge in [0.15, 0.2) is 0 Å². The first-order valence-corrected chi connectivity index (χ1v) is 8.52. The number of nitrogens with one attached hydrogen (secondary N) is 3.